The van der Waals surface area contributed by atoms with Gasteiger partial charge in [-0.05, 0) is 36.2 Å². The normalized spacial score (nSPS) is 11.0. The highest BCUT2D eigenvalue weighted by Crippen LogP contribution is 2.27. The topological polar surface area (TPSA) is 15.8 Å². The summed E-state index contributed by atoms with van der Waals surface area (Å²) in [6, 6.07) is 8.70. The summed E-state index contributed by atoms with van der Waals surface area (Å²) in [6.07, 6.45) is 0. The highest BCUT2D eigenvalue weighted by atomic mass is 32.1. The summed E-state index contributed by atoms with van der Waals surface area (Å²) in [4.78, 5) is 4.49. The standard InChI is InChI=1S/C13H15NS2/c1-8(2)10-4-6-11(7-5-10)12-9(3)16-13(15)14-12/h4-8H,1-3H3,(H,14,15). The van der Waals surface area contributed by atoms with Gasteiger partial charge in [-0.2, -0.15) is 0 Å². The zero-order valence-corrected chi connectivity index (χ0v) is 11.3. The van der Waals surface area contributed by atoms with Crippen molar-refractivity contribution >= 4 is 23.6 Å². The fraction of sp³-hybridized carbons (Fsp3) is 0.308. The predicted molar refractivity (Wildman–Crippen MR) is 73.8 cm³/mol. The highest BCUT2D eigenvalue weighted by molar-refractivity contribution is 7.73. The molecule has 2 aromatic rings. The summed E-state index contributed by atoms with van der Waals surface area (Å²) in [6.45, 7) is 6.51. The van der Waals surface area contributed by atoms with Crippen molar-refractivity contribution in [1.82, 2.24) is 4.98 Å². The van der Waals surface area contributed by atoms with Crippen LogP contribution in [-0.2, 0) is 0 Å². The van der Waals surface area contributed by atoms with Gasteiger partial charge >= 0.3 is 0 Å². The van der Waals surface area contributed by atoms with E-state index in [1.165, 1.54) is 16.0 Å². The minimum atomic E-state index is 0.580. The van der Waals surface area contributed by atoms with E-state index in [-0.39, 0.29) is 0 Å². The second-order valence-corrected chi connectivity index (χ2v) is 6.11. The number of rotatable bonds is 2. The molecule has 0 aliphatic carbocycles. The molecule has 0 aliphatic heterocycles. The minimum absolute atomic E-state index is 0.580. The Kier molecular flexibility index (Phi) is 3.26. The van der Waals surface area contributed by atoms with E-state index in [2.05, 4.69) is 50.0 Å². The van der Waals surface area contributed by atoms with Crippen LogP contribution in [0.15, 0.2) is 24.3 Å². The van der Waals surface area contributed by atoms with Gasteiger partial charge in [0.1, 0.15) is 0 Å². The molecule has 1 aromatic heterocycles. The molecule has 0 fully saturated rings. The van der Waals surface area contributed by atoms with Crippen LogP contribution < -0.4 is 0 Å². The van der Waals surface area contributed by atoms with E-state index in [4.69, 9.17) is 12.2 Å². The summed E-state index contributed by atoms with van der Waals surface area (Å²) in [5.41, 5.74) is 3.75. The first kappa shape index (κ1) is 11.6. The molecule has 2 rings (SSSR count). The highest BCUT2D eigenvalue weighted by Gasteiger charge is 2.05. The monoisotopic (exact) mass is 249 g/mol. The van der Waals surface area contributed by atoms with Gasteiger partial charge in [0.2, 0.25) is 0 Å². The molecule has 1 aromatic carbocycles. The van der Waals surface area contributed by atoms with Crippen LogP contribution in [0.2, 0.25) is 0 Å². The van der Waals surface area contributed by atoms with Crippen molar-refractivity contribution in [3.05, 3.63) is 38.7 Å². The van der Waals surface area contributed by atoms with Crippen molar-refractivity contribution in [2.24, 2.45) is 0 Å². The van der Waals surface area contributed by atoms with Crippen molar-refractivity contribution in [3.8, 4) is 11.3 Å². The van der Waals surface area contributed by atoms with Gasteiger partial charge < -0.3 is 4.98 Å². The molecule has 0 radical (unpaired) electrons. The van der Waals surface area contributed by atoms with Gasteiger partial charge in [-0.15, -0.1) is 11.3 Å². The molecule has 0 saturated heterocycles. The molecule has 0 spiro atoms. The summed E-state index contributed by atoms with van der Waals surface area (Å²) in [5, 5.41) is 0. The van der Waals surface area contributed by atoms with E-state index >= 15 is 0 Å². The van der Waals surface area contributed by atoms with Crippen molar-refractivity contribution < 1.29 is 0 Å². The lowest BCUT2D eigenvalue weighted by atomic mass is 10.0. The fourth-order valence-electron chi connectivity index (χ4n) is 1.72. The van der Waals surface area contributed by atoms with E-state index in [9.17, 15) is 0 Å². The first-order chi connectivity index (χ1) is 7.58. The number of aryl methyl sites for hydroxylation is 1. The summed E-state index contributed by atoms with van der Waals surface area (Å²) in [5.74, 6) is 0.580. The number of benzene rings is 1. The third-order valence-corrected chi connectivity index (χ3v) is 3.84. The Morgan fingerprint density at radius 1 is 1.19 bits per heavy atom. The third-order valence-electron chi connectivity index (χ3n) is 2.69. The van der Waals surface area contributed by atoms with Gasteiger partial charge in [0.15, 0.2) is 3.95 Å². The molecule has 0 bridgehead atoms. The molecule has 0 aliphatic rings. The molecule has 16 heavy (non-hydrogen) atoms. The number of nitrogens with one attached hydrogen (secondary N) is 1. The van der Waals surface area contributed by atoms with Crippen LogP contribution in [0, 0.1) is 10.9 Å². The van der Waals surface area contributed by atoms with Gasteiger partial charge in [-0.25, -0.2) is 0 Å². The molecule has 3 heteroatoms. The van der Waals surface area contributed by atoms with Gasteiger partial charge in [0, 0.05) is 4.88 Å². The van der Waals surface area contributed by atoms with Gasteiger partial charge in [0.25, 0.3) is 0 Å². The fourth-order valence-corrected chi connectivity index (χ4v) is 2.89. The lowest BCUT2D eigenvalue weighted by Gasteiger charge is -2.06. The Hall–Kier alpha value is -0.930. The Morgan fingerprint density at radius 2 is 1.81 bits per heavy atom. The molecule has 0 saturated carbocycles. The summed E-state index contributed by atoms with van der Waals surface area (Å²) >= 11 is 6.78. The van der Waals surface area contributed by atoms with Crippen LogP contribution >= 0.6 is 23.6 Å². The second kappa shape index (κ2) is 4.52. The quantitative estimate of drug-likeness (QED) is 0.748. The molecule has 0 unspecified atom stereocenters. The number of hydrogen-bond donors (Lipinski definition) is 1. The Morgan fingerprint density at radius 3 is 2.25 bits per heavy atom. The maximum atomic E-state index is 5.15. The van der Waals surface area contributed by atoms with Gasteiger partial charge in [-0.3, -0.25) is 0 Å². The zero-order valence-electron chi connectivity index (χ0n) is 9.70. The number of hydrogen-bond acceptors (Lipinski definition) is 2. The lowest BCUT2D eigenvalue weighted by Crippen LogP contribution is -1.87. The van der Waals surface area contributed by atoms with Crippen molar-refractivity contribution in [2.45, 2.75) is 26.7 Å². The van der Waals surface area contributed by atoms with Crippen molar-refractivity contribution in [2.75, 3.05) is 0 Å². The molecular formula is C13H15NS2. The van der Waals surface area contributed by atoms with Crippen molar-refractivity contribution in [3.63, 3.8) is 0 Å². The number of aromatic amines is 1. The van der Waals surface area contributed by atoms with E-state index in [1.54, 1.807) is 11.3 Å². The minimum Gasteiger partial charge on any atom is -0.337 e. The first-order valence-electron chi connectivity index (χ1n) is 5.38. The SMILES string of the molecule is Cc1sc(=S)[nH]c1-c1ccc(C(C)C)cc1. The van der Waals surface area contributed by atoms with Gasteiger partial charge in [0.05, 0.1) is 5.69 Å². The average molecular weight is 249 g/mol. The largest absolute Gasteiger partial charge is 0.337 e. The molecule has 1 nitrogen and oxygen atoms in total. The number of H-pyrrole nitrogens is 1. The lowest BCUT2D eigenvalue weighted by molar-refractivity contribution is 0.867. The summed E-state index contributed by atoms with van der Waals surface area (Å²) < 4.78 is 0.848. The third kappa shape index (κ3) is 2.25. The molecular weight excluding hydrogens is 234 g/mol. The second-order valence-electron chi connectivity index (χ2n) is 4.22. The van der Waals surface area contributed by atoms with Gasteiger partial charge in [-0.1, -0.05) is 38.1 Å². The predicted octanol–water partition coefficient (Wildman–Crippen LogP) is 4.90. The molecule has 0 atom stereocenters. The van der Waals surface area contributed by atoms with Crippen LogP contribution in [0.4, 0.5) is 0 Å². The Labute approximate surface area is 105 Å². The zero-order chi connectivity index (χ0) is 11.7. The van der Waals surface area contributed by atoms with E-state index in [0.717, 1.165) is 9.65 Å². The van der Waals surface area contributed by atoms with Crippen molar-refractivity contribution in [1.29, 1.82) is 0 Å². The number of thiazole rings is 1. The van der Waals surface area contributed by atoms with Crippen LogP contribution in [0.5, 0.6) is 0 Å². The maximum absolute atomic E-state index is 5.15. The maximum Gasteiger partial charge on any atom is 0.159 e. The van der Waals surface area contributed by atoms with Crippen LogP contribution in [0.25, 0.3) is 11.3 Å². The summed E-state index contributed by atoms with van der Waals surface area (Å²) in [7, 11) is 0. The number of aromatic nitrogens is 1. The average Bonchev–Trinajstić information content (AvgIpc) is 2.58. The van der Waals surface area contributed by atoms with E-state index in [1.807, 2.05) is 0 Å². The van der Waals surface area contributed by atoms with Crippen LogP contribution in [0.3, 0.4) is 0 Å². The van der Waals surface area contributed by atoms with Crippen LogP contribution in [0.1, 0.15) is 30.2 Å². The first-order valence-corrected chi connectivity index (χ1v) is 6.60. The smallest absolute Gasteiger partial charge is 0.159 e. The Balaban J connectivity index is 2.42. The molecule has 84 valence electrons. The molecule has 1 N–H and O–H groups in total. The Bertz CT molecular complexity index is 532. The van der Waals surface area contributed by atoms with E-state index in [0.29, 0.717) is 5.92 Å². The molecule has 0 amide bonds. The molecule has 1 heterocycles. The van der Waals surface area contributed by atoms with Crippen LogP contribution in [-0.4, -0.2) is 4.98 Å². The van der Waals surface area contributed by atoms with E-state index < -0.39 is 0 Å².